The molecule has 3 heterocycles. The Morgan fingerprint density at radius 2 is 1.90 bits per heavy atom. The fourth-order valence-electron chi connectivity index (χ4n) is 3.22. The molecule has 0 fully saturated rings. The Balaban J connectivity index is 1.41. The van der Waals surface area contributed by atoms with Gasteiger partial charge in [-0.25, -0.2) is 9.97 Å². The minimum Gasteiger partial charge on any atom is -0.437 e. The largest absolute Gasteiger partial charge is 0.437 e. The smallest absolute Gasteiger partial charge is 0.243 e. The van der Waals surface area contributed by atoms with Crippen LogP contribution in [0.4, 0.5) is 17.3 Å². The molecule has 7 nitrogen and oxygen atoms in total. The van der Waals surface area contributed by atoms with Crippen LogP contribution in [-0.4, -0.2) is 19.5 Å². The average Bonchev–Trinajstić information content (AvgIpc) is 3.20. The van der Waals surface area contributed by atoms with E-state index in [-0.39, 0.29) is 5.88 Å². The lowest BCUT2D eigenvalue weighted by Gasteiger charge is -2.10. The van der Waals surface area contributed by atoms with E-state index in [2.05, 4.69) is 20.3 Å². The molecular formula is C23H17ClN6O. The van der Waals surface area contributed by atoms with Crippen LogP contribution in [0.15, 0.2) is 85.3 Å². The number of ether oxygens (including phenoxy) is 1. The van der Waals surface area contributed by atoms with Gasteiger partial charge in [0.25, 0.3) is 0 Å². The number of nitrogens with one attached hydrogen (secondary N) is 1. The molecule has 5 rings (SSSR count). The molecule has 0 saturated heterocycles. The molecule has 8 heteroatoms. The van der Waals surface area contributed by atoms with Gasteiger partial charge in [0.05, 0.1) is 11.7 Å². The van der Waals surface area contributed by atoms with E-state index in [0.29, 0.717) is 22.4 Å². The molecule has 0 aliphatic heterocycles. The first-order chi connectivity index (χ1) is 15.2. The van der Waals surface area contributed by atoms with E-state index < -0.39 is 0 Å². The molecular weight excluding hydrogens is 412 g/mol. The van der Waals surface area contributed by atoms with Gasteiger partial charge in [-0.2, -0.15) is 4.98 Å². The Morgan fingerprint density at radius 3 is 2.74 bits per heavy atom. The molecule has 5 aromatic rings. The number of hydrogen-bond acceptors (Lipinski definition) is 6. The first-order valence-electron chi connectivity index (χ1n) is 9.51. The third kappa shape index (κ3) is 3.99. The SMILES string of the molecule is Nc1cccc(Nc2ncc(Cl)c(Oc3ccc4c(ccn4-c4ccccn4)c3)n2)c1. The van der Waals surface area contributed by atoms with Crippen molar-refractivity contribution in [1.29, 1.82) is 0 Å². The number of pyridine rings is 1. The van der Waals surface area contributed by atoms with Crippen molar-refractivity contribution in [2.75, 3.05) is 11.1 Å². The monoisotopic (exact) mass is 428 g/mol. The molecule has 152 valence electrons. The predicted molar refractivity (Wildman–Crippen MR) is 122 cm³/mol. The molecule has 0 spiro atoms. The van der Waals surface area contributed by atoms with Gasteiger partial charge in [0, 0.05) is 29.2 Å². The summed E-state index contributed by atoms with van der Waals surface area (Å²) >= 11 is 6.27. The molecule has 0 saturated carbocycles. The van der Waals surface area contributed by atoms with E-state index in [4.69, 9.17) is 22.1 Å². The number of halogens is 1. The van der Waals surface area contributed by atoms with E-state index >= 15 is 0 Å². The summed E-state index contributed by atoms with van der Waals surface area (Å²) in [5, 5.41) is 4.41. The molecule has 2 aromatic carbocycles. The fraction of sp³-hybridized carbons (Fsp3) is 0. The molecule has 0 atom stereocenters. The van der Waals surface area contributed by atoms with Gasteiger partial charge < -0.3 is 20.4 Å². The highest BCUT2D eigenvalue weighted by molar-refractivity contribution is 6.31. The quantitative estimate of drug-likeness (QED) is 0.355. The van der Waals surface area contributed by atoms with Crippen molar-refractivity contribution in [2.45, 2.75) is 0 Å². The summed E-state index contributed by atoms with van der Waals surface area (Å²) < 4.78 is 7.98. The summed E-state index contributed by atoms with van der Waals surface area (Å²) in [4.78, 5) is 13.0. The normalized spacial score (nSPS) is 10.9. The van der Waals surface area contributed by atoms with E-state index in [1.54, 1.807) is 18.3 Å². The summed E-state index contributed by atoms with van der Waals surface area (Å²) in [6.45, 7) is 0. The number of nitrogens with two attached hydrogens (primary N) is 1. The third-order valence-electron chi connectivity index (χ3n) is 4.63. The first kappa shape index (κ1) is 18.9. The lowest BCUT2D eigenvalue weighted by Crippen LogP contribution is -1.99. The topological polar surface area (TPSA) is 90.9 Å². The van der Waals surface area contributed by atoms with Crippen LogP contribution in [0.1, 0.15) is 0 Å². The third-order valence-corrected chi connectivity index (χ3v) is 4.89. The van der Waals surface area contributed by atoms with Gasteiger partial charge in [-0.15, -0.1) is 0 Å². The maximum Gasteiger partial charge on any atom is 0.243 e. The van der Waals surface area contributed by atoms with Crippen LogP contribution in [0.25, 0.3) is 16.7 Å². The number of benzene rings is 2. The van der Waals surface area contributed by atoms with E-state index in [1.807, 2.05) is 65.4 Å². The van der Waals surface area contributed by atoms with Crippen LogP contribution >= 0.6 is 11.6 Å². The Labute approximate surface area is 183 Å². The van der Waals surface area contributed by atoms with Crippen LogP contribution < -0.4 is 15.8 Å². The number of nitrogen functional groups attached to an aromatic ring is 1. The second kappa shape index (κ2) is 7.97. The van der Waals surface area contributed by atoms with Crippen molar-refractivity contribution < 1.29 is 4.74 Å². The van der Waals surface area contributed by atoms with E-state index in [9.17, 15) is 0 Å². The molecule has 0 bridgehead atoms. The average molecular weight is 429 g/mol. The van der Waals surface area contributed by atoms with Crippen LogP contribution in [0.5, 0.6) is 11.6 Å². The maximum atomic E-state index is 6.27. The highest BCUT2D eigenvalue weighted by atomic mass is 35.5. The minimum atomic E-state index is 0.256. The number of fused-ring (bicyclic) bond motifs is 1. The molecule has 0 aliphatic carbocycles. The van der Waals surface area contributed by atoms with E-state index in [0.717, 1.165) is 22.4 Å². The Kier molecular flexibility index (Phi) is 4.86. The summed E-state index contributed by atoms with van der Waals surface area (Å²) in [5.74, 6) is 2.07. The van der Waals surface area contributed by atoms with Gasteiger partial charge in [0.1, 0.15) is 16.6 Å². The molecule has 31 heavy (non-hydrogen) atoms. The molecule has 0 radical (unpaired) electrons. The van der Waals surface area contributed by atoms with Crippen LogP contribution in [0.3, 0.4) is 0 Å². The molecule has 0 unspecified atom stereocenters. The van der Waals surface area contributed by atoms with Crippen molar-refractivity contribution >= 4 is 39.8 Å². The lowest BCUT2D eigenvalue weighted by molar-refractivity contribution is 0.463. The first-order valence-corrected chi connectivity index (χ1v) is 9.89. The number of hydrogen-bond donors (Lipinski definition) is 2. The van der Waals surface area contributed by atoms with Gasteiger partial charge in [-0.1, -0.05) is 23.7 Å². The van der Waals surface area contributed by atoms with Crippen molar-refractivity contribution in [3.8, 4) is 17.4 Å². The van der Waals surface area contributed by atoms with Gasteiger partial charge >= 0.3 is 0 Å². The summed E-state index contributed by atoms with van der Waals surface area (Å²) in [7, 11) is 0. The van der Waals surface area contributed by atoms with Gasteiger partial charge in [0.2, 0.25) is 11.8 Å². The highest BCUT2D eigenvalue weighted by Gasteiger charge is 2.11. The van der Waals surface area contributed by atoms with Gasteiger partial charge in [-0.3, -0.25) is 0 Å². The number of anilines is 3. The maximum absolute atomic E-state index is 6.27. The Bertz CT molecular complexity index is 1370. The number of aromatic nitrogens is 4. The summed E-state index contributed by atoms with van der Waals surface area (Å²) in [5.41, 5.74) is 8.25. The van der Waals surface area contributed by atoms with E-state index in [1.165, 1.54) is 6.20 Å². The molecule has 0 amide bonds. The minimum absolute atomic E-state index is 0.256. The Morgan fingerprint density at radius 1 is 0.968 bits per heavy atom. The van der Waals surface area contributed by atoms with Crippen molar-refractivity contribution in [3.63, 3.8) is 0 Å². The second-order valence-electron chi connectivity index (χ2n) is 6.79. The van der Waals surface area contributed by atoms with Crippen molar-refractivity contribution in [1.82, 2.24) is 19.5 Å². The number of nitrogens with zero attached hydrogens (tertiary/aromatic N) is 4. The highest BCUT2D eigenvalue weighted by Crippen LogP contribution is 2.31. The van der Waals surface area contributed by atoms with Gasteiger partial charge in [-0.05, 0) is 54.6 Å². The van der Waals surface area contributed by atoms with Crippen molar-refractivity contribution in [2.24, 2.45) is 0 Å². The molecule has 0 aliphatic rings. The fourth-order valence-corrected chi connectivity index (χ4v) is 3.35. The second-order valence-corrected chi connectivity index (χ2v) is 7.20. The summed E-state index contributed by atoms with van der Waals surface area (Å²) in [6, 6.07) is 20.9. The van der Waals surface area contributed by atoms with Crippen LogP contribution in [0.2, 0.25) is 5.02 Å². The zero-order chi connectivity index (χ0) is 21.2. The standard InChI is InChI=1S/C23H17ClN6O/c24-19-14-27-23(28-17-5-3-4-16(25)13-17)29-22(19)31-18-7-8-20-15(12-18)9-11-30(20)21-6-1-2-10-26-21/h1-14H,25H2,(H,27,28,29). The number of rotatable bonds is 5. The zero-order valence-corrected chi connectivity index (χ0v) is 17.0. The van der Waals surface area contributed by atoms with Crippen LogP contribution in [-0.2, 0) is 0 Å². The van der Waals surface area contributed by atoms with Crippen molar-refractivity contribution in [3.05, 3.63) is 90.3 Å². The predicted octanol–water partition coefficient (Wildman–Crippen LogP) is 5.59. The lowest BCUT2D eigenvalue weighted by atomic mass is 10.2. The molecule has 3 aromatic heterocycles. The molecule has 3 N–H and O–H groups in total. The zero-order valence-electron chi connectivity index (χ0n) is 16.2. The Hall–Kier alpha value is -4.10. The van der Waals surface area contributed by atoms with Gasteiger partial charge in [0.15, 0.2) is 0 Å². The summed E-state index contributed by atoms with van der Waals surface area (Å²) in [6.07, 6.45) is 5.24. The van der Waals surface area contributed by atoms with Crippen LogP contribution in [0, 0.1) is 0 Å².